The second-order valence-electron chi connectivity index (χ2n) is 4.29. The Hall–Kier alpha value is -1.67. The van der Waals surface area contributed by atoms with Gasteiger partial charge in [-0.25, -0.2) is 9.67 Å². The Kier molecular flexibility index (Phi) is 4.12. The van der Waals surface area contributed by atoms with Gasteiger partial charge in [-0.3, -0.25) is 0 Å². The first-order valence-electron chi connectivity index (χ1n) is 6.19. The van der Waals surface area contributed by atoms with Crippen molar-refractivity contribution in [3.05, 3.63) is 40.6 Å². The van der Waals surface area contributed by atoms with Gasteiger partial charge in [0.1, 0.15) is 0 Å². The summed E-state index contributed by atoms with van der Waals surface area (Å²) in [5, 5.41) is 14.8. The first-order chi connectivity index (χ1) is 9.83. The van der Waals surface area contributed by atoms with Crippen molar-refractivity contribution in [3.63, 3.8) is 0 Å². The van der Waals surface area contributed by atoms with Crippen LogP contribution in [-0.2, 0) is 20.0 Å². The fourth-order valence-corrected chi connectivity index (χ4v) is 3.35. The van der Waals surface area contributed by atoms with Crippen molar-refractivity contribution in [2.75, 3.05) is 5.75 Å². The zero-order chi connectivity index (χ0) is 13.8. The van der Waals surface area contributed by atoms with Gasteiger partial charge in [-0.1, -0.05) is 17.8 Å². The van der Waals surface area contributed by atoms with E-state index in [0.717, 1.165) is 23.9 Å². The predicted octanol–water partition coefficient (Wildman–Crippen LogP) is 1.85. The Bertz CT molecular complexity index is 657. The predicted molar refractivity (Wildman–Crippen MR) is 78.9 cm³/mol. The fourth-order valence-electron chi connectivity index (χ4n) is 1.82. The van der Waals surface area contributed by atoms with E-state index < -0.39 is 0 Å². The maximum Gasteiger partial charge on any atom is 0.209 e. The Labute approximate surface area is 124 Å². The zero-order valence-corrected chi connectivity index (χ0v) is 12.6. The molecular weight excluding hydrogens is 292 g/mol. The van der Waals surface area contributed by atoms with Crippen LogP contribution < -0.4 is 0 Å². The fraction of sp³-hybridized carbons (Fsp3) is 0.333. The van der Waals surface area contributed by atoms with Crippen LogP contribution >= 0.6 is 23.1 Å². The molecule has 0 fully saturated rings. The lowest BCUT2D eigenvalue weighted by molar-refractivity contribution is 0.608. The molecule has 3 rings (SSSR count). The number of hydrogen-bond donors (Lipinski definition) is 0. The summed E-state index contributed by atoms with van der Waals surface area (Å²) in [6.45, 7) is 0.735. The summed E-state index contributed by atoms with van der Waals surface area (Å²) < 4.78 is 3.88. The van der Waals surface area contributed by atoms with E-state index in [-0.39, 0.29) is 0 Å². The van der Waals surface area contributed by atoms with Gasteiger partial charge in [0, 0.05) is 29.6 Å². The van der Waals surface area contributed by atoms with Gasteiger partial charge in [-0.15, -0.1) is 16.4 Å². The lowest BCUT2D eigenvalue weighted by atomic mass is 10.4. The van der Waals surface area contributed by atoms with Crippen molar-refractivity contribution in [2.45, 2.75) is 18.1 Å². The number of hydrogen-bond acceptors (Lipinski definition) is 6. The average molecular weight is 306 g/mol. The number of nitrogens with zero attached hydrogens (tertiary/aromatic N) is 6. The maximum atomic E-state index is 4.11. The van der Waals surface area contributed by atoms with Crippen LogP contribution in [0.25, 0.3) is 0 Å². The van der Waals surface area contributed by atoms with Crippen molar-refractivity contribution in [1.29, 1.82) is 0 Å². The second-order valence-corrected chi connectivity index (χ2v) is 6.39. The van der Waals surface area contributed by atoms with Crippen LogP contribution in [0.5, 0.6) is 0 Å². The number of rotatable bonds is 6. The lowest BCUT2D eigenvalue weighted by Crippen LogP contribution is -2.03. The number of aryl methyl sites for hydroxylation is 2. The van der Waals surface area contributed by atoms with E-state index in [2.05, 4.69) is 32.0 Å². The van der Waals surface area contributed by atoms with Crippen LogP contribution in [0.1, 0.15) is 10.6 Å². The van der Waals surface area contributed by atoms with Crippen LogP contribution in [0.2, 0.25) is 0 Å². The number of tetrazole rings is 1. The summed E-state index contributed by atoms with van der Waals surface area (Å²) in [6, 6.07) is 4.13. The van der Waals surface area contributed by atoms with Gasteiger partial charge in [-0.05, 0) is 28.3 Å². The van der Waals surface area contributed by atoms with Gasteiger partial charge in [0.15, 0.2) is 0 Å². The highest BCUT2D eigenvalue weighted by Gasteiger charge is 2.08. The van der Waals surface area contributed by atoms with Crippen molar-refractivity contribution in [1.82, 2.24) is 29.8 Å². The van der Waals surface area contributed by atoms with E-state index in [4.69, 9.17) is 0 Å². The minimum Gasteiger partial charge on any atom is -0.338 e. The first kappa shape index (κ1) is 13.3. The highest BCUT2D eigenvalue weighted by Crippen LogP contribution is 2.18. The molecule has 0 aliphatic rings. The quantitative estimate of drug-likeness (QED) is 0.650. The van der Waals surface area contributed by atoms with Crippen LogP contribution in [-0.4, -0.2) is 35.5 Å². The minimum absolute atomic E-state index is 0.735. The molecular formula is C12H14N6S2. The summed E-state index contributed by atoms with van der Waals surface area (Å²) in [7, 11) is 2.01. The average Bonchev–Trinajstić information content (AvgIpc) is 3.15. The highest BCUT2D eigenvalue weighted by atomic mass is 32.2. The SMILES string of the molecule is Cn1cncc1CCSc1nnnn1Cc1cccs1. The van der Waals surface area contributed by atoms with Gasteiger partial charge in [0.05, 0.1) is 12.9 Å². The molecule has 0 N–H and O–H groups in total. The van der Waals surface area contributed by atoms with Crippen molar-refractivity contribution >= 4 is 23.1 Å². The molecule has 104 valence electrons. The smallest absolute Gasteiger partial charge is 0.209 e. The van der Waals surface area contributed by atoms with Crippen LogP contribution in [0.4, 0.5) is 0 Å². The van der Waals surface area contributed by atoms with Gasteiger partial charge in [0.2, 0.25) is 5.16 Å². The Balaban J connectivity index is 1.58. The lowest BCUT2D eigenvalue weighted by Gasteiger charge is -2.03. The van der Waals surface area contributed by atoms with E-state index in [9.17, 15) is 0 Å². The van der Waals surface area contributed by atoms with Crippen LogP contribution in [0.15, 0.2) is 35.2 Å². The molecule has 3 aromatic heterocycles. The third kappa shape index (κ3) is 3.07. The molecule has 0 bridgehead atoms. The Morgan fingerprint density at radius 2 is 2.35 bits per heavy atom. The summed E-state index contributed by atoms with van der Waals surface area (Å²) in [5.74, 6) is 0.935. The summed E-state index contributed by atoms with van der Waals surface area (Å²) in [6.07, 6.45) is 4.67. The molecule has 6 nitrogen and oxygen atoms in total. The number of aromatic nitrogens is 6. The standard InChI is InChI=1S/C12H14N6S2/c1-17-9-13-7-10(17)4-6-20-12-14-15-16-18(12)8-11-3-2-5-19-11/h2-3,5,7,9H,4,6,8H2,1H3. The number of imidazole rings is 1. The highest BCUT2D eigenvalue weighted by molar-refractivity contribution is 7.99. The molecule has 0 saturated carbocycles. The molecule has 20 heavy (non-hydrogen) atoms. The molecule has 0 atom stereocenters. The van der Waals surface area contributed by atoms with E-state index in [1.807, 2.05) is 34.9 Å². The topological polar surface area (TPSA) is 61.4 Å². The molecule has 0 unspecified atom stereocenters. The number of thiophene rings is 1. The largest absolute Gasteiger partial charge is 0.338 e. The summed E-state index contributed by atoms with van der Waals surface area (Å²) in [4.78, 5) is 5.37. The Morgan fingerprint density at radius 3 is 3.10 bits per heavy atom. The van der Waals surface area contributed by atoms with Gasteiger partial charge in [-0.2, -0.15) is 0 Å². The van der Waals surface area contributed by atoms with Crippen molar-refractivity contribution < 1.29 is 0 Å². The molecule has 0 aliphatic carbocycles. The maximum absolute atomic E-state index is 4.11. The van der Waals surface area contributed by atoms with Crippen LogP contribution in [0, 0.1) is 0 Å². The second kappa shape index (κ2) is 6.19. The van der Waals surface area contributed by atoms with E-state index in [0.29, 0.717) is 0 Å². The number of thioether (sulfide) groups is 1. The molecule has 0 amide bonds. The van der Waals surface area contributed by atoms with Crippen molar-refractivity contribution in [3.8, 4) is 0 Å². The third-order valence-electron chi connectivity index (χ3n) is 2.89. The van der Waals surface area contributed by atoms with E-state index in [1.165, 1.54) is 10.6 Å². The monoisotopic (exact) mass is 306 g/mol. The zero-order valence-electron chi connectivity index (χ0n) is 11.0. The van der Waals surface area contributed by atoms with E-state index >= 15 is 0 Å². The normalized spacial score (nSPS) is 11.1. The summed E-state index contributed by atoms with van der Waals surface area (Å²) >= 11 is 3.39. The van der Waals surface area contributed by atoms with Crippen molar-refractivity contribution in [2.24, 2.45) is 7.05 Å². The Morgan fingerprint density at radius 1 is 1.40 bits per heavy atom. The first-order valence-corrected chi connectivity index (χ1v) is 8.06. The minimum atomic E-state index is 0.735. The molecule has 0 spiro atoms. The van der Waals surface area contributed by atoms with E-state index in [1.54, 1.807) is 23.1 Å². The van der Waals surface area contributed by atoms with Gasteiger partial charge >= 0.3 is 0 Å². The molecule has 3 heterocycles. The van der Waals surface area contributed by atoms with Crippen LogP contribution in [0.3, 0.4) is 0 Å². The molecule has 0 aliphatic heterocycles. The summed E-state index contributed by atoms with van der Waals surface area (Å²) in [5.41, 5.74) is 1.22. The molecule has 3 aromatic rings. The molecule has 0 aromatic carbocycles. The molecule has 0 saturated heterocycles. The van der Waals surface area contributed by atoms with Gasteiger partial charge in [0.25, 0.3) is 0 Å². The third-order valence-corrected chi connectivity index (χ3v) is 4.71. The van der Waals surface area contributed by atoms with Gasteiger partial charge < -0.3 is 4.57 Å². The molecule has 8 heteroatoms. The molecule has 0 radical (unpaired) electrons.